The topological polar surface area (TPSA) is 38.9 Å². The van der Waals surface area contributed by atoms with Gasteiger partial charge in [-0.1, -0.05) is 24.3 Å². The summed E-state index contributed by atoms with van der Waals surface area (Å²) < 4.78 is 0. The Bertz CT molecular complexity index is 511. The number of hydrogen-bond donors (Lipinski definition) is 1. The lowest BCUT2D eigenvalue weighted by atomic mass is 10.1. The Morgan fingerprint density at radius 3 is 2.87 bits per heavy atom. The van der Waals surface area contributed by atoms with Gasteiger partial charge in [-0.3, -0.25) is 4.98 Å². The van der Waals surface area contributed by atoms with E-state index >= 15 is 0 Å². The Balaban J connectivity index is 2.43. The second-order valence-electron chi connectivity index (χ2n) is 3.44. The van der Waals surface area contributed by atoms with Crippen molar-refractivity contribution in [2.24, 2.45) is 5.73 Å². The standard InChI is InChI=1S/C13H12N2/c1-2-5-11(14)13-9-8-10-6-3-4-7-12(10)15-13/h1,3-4,6-9,11H,5,14H2. The molecule has 2 nitrogen and oxygen atoms in total. The van der Waals surface area contributed by atoms with Gasteiger partial charge >= 0.3 is 0 Å². The van der Waals surface area contributed by atoms with E-state index in [0.29, 0.717) is 6.42 Å². The molecule has 0 fully saturated rings. The number of para-hydroxylation sites is 1. The highest BCUT2D eigenvalue weighted by molar-refractivity contribution is 5.78. The average molecular weight is 196 g/mol. The van der Waals surface area contributed by atoms with Crippen molar-refractivity contribution in [2.45, 2.75) is 12.5 Å². The number of pyridine rings is 1. The molecule has 0 saturated carbocycles. The summed E-state index contributed by atoms with van der Waals surface area (Å²) in [4.78, 5) is 4.47. The van der Waals surface area contributed by atoms with Gasteiger partial charge < -0.3 is 5.73 Å². The minimum absolute atomic E-state index is 0.167. The predicted octanol–water partition coefficient (Wildman–Crippen LogP) is 2.26. The van der Waals surface area contributed by atoms with Crippen LogP contribution in [0.25, 0.3) is 10.9 Å². The van der Waals surface area contributed by atoms with Crippen LogP contribution in [0.2, 0.25) is 0 Å². The molecule has 0 saturated heterocycles. The molecule has 2 N–H and O–H groups in total. The molecule has 2 heteroatoms. The van der Waals surface area contributed by atoms with E-state index < -0.39 is 0 Å². The molecule has 1 aromatic carbocycles. The zero-order valence-electron chi connectivity index (χ0n) is 8.35. The number of benzene rings is 1. The third kappa shape index (κ3) is 1.98. The van der Waals surface area contributed by atoms with E-state index in [2.05, 4.69) is 10.9 Å². The van der Waals surface area contributed by atoms with E-state index in [9.17, 15) is 0 Å². The first-order valence-corrected chi connectivity index (χ1v) is 4.86. The van der Waals surface area contributed by atoms with Crippen LogP contribution in [0.4, 0.5) is 0 Å². The van der Waals surface area contributed by atoms with Gasteiger partial charge in [-0.05, 0) is 12.1 Å². The van der Waals surface area contributed by atoms with Gasteiger partial charge in [-0.2, -0.15) is 0 Å². The summed E-state index contributed by atoms with van der Waals surface area (Å²) in [6.07, 6.45) is 5.74. The van der Waals surface area contributed by atoms with Crippen LogP contribution in [0.15, 0.2) is 36.4 Å². The van der Waals surface area contributed by atoms with Gasteiger partial charge in [-0.15, -0.1) is 12.3 Å². The van der Waals surface area contributed by atoms with Gasteiger partial charge in [0.05, 0.1) is 17.3 Å². The van der Waals surface area contributed by atoms with Gasteiger partial charge in [0, 0.05) is 11.8 Å². The highest BCUT2D eigenvalue weighted by atomic mass is 14.8. The van der Waals surface area contributed by atoms with Gasteiger partial charge in [0.15, 0.2) is 0 Å². The van der Waals surface area contributed by atoms with Gasteiger partial charge in [-0.25, -0.2) is 0 Å². The van der Waals surface area contributed by atoms with Crippen LogP contribution < -0.4 is 5.73 Å². The zero-order valence-corrected chi connectivity index (χ0v) is 8.35. The molecular formula is C13H12N2. The Labute approximate surface area is 89.1 Å². The van der Waals surface area contributed by atoms with Gasteiger partial charge in [0.25, 0.3) is 0 Å². The number of hydrogen-bond acceptors (Lipinski definition) is 2. The number of terminal acetylenes is 1. The molecule has 74 valence electrons. The first kappa shape index (κ1) is 9.70. The smallest absolute Gasteiger partial charge is 0.0706 e. The van der Waals surface area contributed by atoms with Crippen molar-refractivity contribution in [3.05, 3.63) is 42.1 Å². The van der Waals surface area contributed by atoms with Crippen molar-refractivity contribution in [3.8, 4) is 12.3 Å². The van der Waals surface area contributed by atoms with E-state index in [-0.39, 0.29) is 6.04 Å². The molecule has 15 heavy (non-hydrogen) atoms. The number of nitrogens with zero attached hydrogens (tertiary/aromatic N) is 1. The van der Waals surface area contributed by atoms with Crippen LogP contribution in [0.5, 0.6) is 0 Å². The Morgan fingerprint density at radius 1 is 1.27 bits per heavy atom. The highest BCUT2D eigenvalue weighted by Crippen LogP contribution is 2.16. The fourth-order valence-corrected chi connectivity index (χ4v) is 1.52. The lowest BCUT2D eigenvalue weighted by Gasteiger charge is -2.08. The number of nitrogens with two attached hydrogens (primary N) is 1. The summed E-state index contributed by atoms with van der Waals surface area (Å²) in [5.41, 5.74) is 7.71. The quantitative estimate of drug-likeness (QED) is 0.748. The second kappa shape index (κ2) is 4.12. The molecular weight excluding hydrogens is 184 g/mol. The predicted molar refractivity (Wildman–Crippen MR) is 62.1 cm³/mol. The minimum Gasteiger partial charge on any atom is -0.322 e. The summed E-state index contributed by atoms with van der Waals surface area (Å²) >= 11 is 0. The van der Waals surface area contributed by atoms with E-state index in [1.165, 1.54) is 0 Å². The minimum atomic E-state index is -0.167. The van der Waals surface area contributed by atoms with Crippen LogP contribution in [0.3, 0.4) is 0 Å². The second-order valence-corrected chi connectivity index (χ2v) is 3.44. The van der Waals surface area contributed by atoms with Crippen LogP contribution in [-0.4, -0.2) is 4.98 Å². The molecule has 0 amide bonds. The third-order valence-electron chi connectivity index (χ3n) is 2.34. The lowest BCUT2D eigenvalue weighted by molar-refractivity contribution is 0.729. The average Bonchev–Trinajstić information content (AvgIpc) is 2.29. The van der Waals surface area contributed by atoms with Crippen LogP contribution in [0, 0.1) is 12.3 Å². The summed E-state index contributed by atoms with van der Waals surface area (Å²) in [5.74, 6) is 2.55. The molecule has 0 radical (unpaired) electrons. The molecule has 2 rings (SSSR count). The van der Waals surface area contributed by atoms with Crippen molar-refractivity contribution >= 4 is 10.9 Å². The summed E-state index contributed by atoms with van der Waals surface area (Å²) in [6.45, 7) is 0. The van der Waals surface area contributed by atoms with Crippen molar-refractivity contribution < 1.29 is 0 Å². The van der Waals surface area contributed by atoms with Crippen LogP contribution in [0.1, 0.15) is 18.2 Å². The van der Waals surface area contributed by atoms with Crippen LogP contribution in [-0.2, 0) is 0 Å². The van der Waals surface area contributed by atoms with E-state index in [4.69, 9.17) is 12.2 Å². The Hall–Kier alpha value is -1.85. The van der Waals surface area contributed by atoms with Crippen LogP contribution >= 0.6 is 0 Å². The highest BCUT2D eigenvalue weighted by Gasteiger charge is 2.06. The van der Waals surface area contributed by atoms with E-state index in [1.54, 1.807) is 0 Å². The van der Waals surface area contributed by atoms with Gasteiger partial charge in [0.2, 0.25) is 0 Å². The van der Waals surface area contributed by atoms with E-state index in [0.717, 1.165) is 16.6 Å². The number of aromatic nitrogens is 1. The summed E-state index contributed by atoms with van der Waals surface area (Å²) in [6, 6.07) is 11.7. The maximum atomic E-state index is 5.89. The summed E-state index contributed by atoms with van der Waals surface area (Å²) in [5, 5.41) is 1.12. The van der Waals surface area contributed by atoms with Crippen molar-refractivity contribution in [3.63, 3.8) is 0 Å². The maximum Gasteiger partial charge on any atom is 0.0706 e. The monoisotopic (exact) mass is 196 g/mol. The number of fused-ring (bicyclic) bond motifs is 1. The SMILES string of the molecule is C#CCC(N)c1ccc2ccccc2n1. The lowest BCUT2D eigenvalue weighted by Crippen LogP contribution is -2.10. The van der Waals surface area contributed by atoms with E-state index in [1.807, 2.05) is 36.4 Å². The molecule has 2 aromatic rings. The molecule has 0 aliphatic carbocycles. The zero-order chi connectivity index (χ0) is 10.7. The molecule has 1 heterocycles. The first-order chi connectivity index (χ1) is 7.31. The largest absolute Gasteiger partial charge is 0.322 e. The van der Waals surface area contributed by atoms with Crippen molar-refractivity contribution in [2.75, 3.05) is 0 Å². The number of rotatable bonds is 2. The Morgan fingerprint density at radius 2 is 2.07 bits per heavy atom. The normalized spacial score (nSPS) is 12.3. The molecule has 1 atom stereocenters. The molecule has 0 aliphatic heterocycles. The summed E-state index contributed by atoms with van der Waals surface area (Å²) in [7, 11) is 0. The molecule has 1 aromatic heterocycles. The van der Waals surface area contributed by atoms with Crippen molar-refractivity contribution in [1.29, 1.82) is 0 Å². The fourth-order valence-electron chi connectivity index (χ4n) is 1.52. The molecule has 0 bridgehead atoms. The van der Waals surface area contributed by atoms with Crippen molar-refractivity contribution in [1.82, 2.24) is 4.98 Å². The van der Waals surface area contributed by atoms with Gasteiger partial charge in [0.1, 0.15) is 0 Å². The Kier molecular flexibility index (Phi) is 2.66. The fraction of sp³-hybridized carbons (Fsp3) is 0.154. The molecule has 1 unspecified atom stereocenters. The first-order valence-electron chi connectivity index (χ1n) is 4.86. The third-order valence-corrected chi connectivity index (χ3v) is 2.34. The molecule has 0 aliphatic rings. The maximum absolute atomic E-state index is 5.89. The molecule has 0 spiro atoms.